The number of urea groups is 1. The summed E-state index contributed by atoms with van der Waals surface area (Å²) in [7, 11) is 1.79. The van der Waals surface area contributed by atoms with E-state index in [0.717, 1.165) is 18.4 Å². The predicted molar refractivity (Wildman–Crippen MR) is 94.6 cm³/mol. The molecule has 3 heterocycles. The summed E-state index contributed by atoms with van der Waals surface area (Å²) in [5.41, 5.74) is 1.41. The smallest absolute Gasteiger partial charge is 0.317 e. The van der Waals surface area contributed by atoms with Crippen LogP contribution >= 0.6 is 0 Å². The summed E-state index contributed by atoms with van der Waals surface area (Å²) in [5, 5.41) is 2.92. The normalized spacial score (nSPS) is 24.3. The van der Waals surface area contributed by atoms with Crippen molar-refractivity contribution in [1.29, 1.82) is 0 Å². The summed E-state index contributed by atoms with van der Waals surface area (Å²) in [5.74, 6) is 0.356. The third kappa shape index (κ3) is 3.45. The quantitative estimate of drug-likeness (QED) is 0.867. The van der Waals surface area contributed by atoms with Gasteiger partial charge in [-0.2, -0.15) is 0 Å². The molecular formula is C19H24FN3O4. The fourth-order valence-electron chi connectivity index (χ4n) is 4.32. The van der Waals surface area contributed by atoms with Crippen LogP contribution in [0.3, 0.4) is 0 Å². The molecule has 3 amide bonds. The van der Waals surface area contributed by atoms with Gasteiger partial charge in [-0.3, -0.25) is 4.79 Å². The summed E-state index contributed by atoms with van der Waals surface area (Å²) < 4.78 is 24.5. The Labute approximate surface area is 157 Å². The number of piperidine rings is 1. The van der Waals surface area contributed by atoms with Gasteiger partial charge in [0.15, 0.2) is 6.79 Å². The van der Waals surface area contributed by atoms with Gasteiger partial charge in [0.05, 0.1) is 18.6 Å². The van der Waals surface area contributed by atoms with Crippen LogP contribution in [0.5, 0.6) is 5.75 Å². The largest absolute Gasteiger partial charge is 0.467 e. The number of carbonyl (C=O) groups excluding carboxylic acids is 2. The number of nitrogens with zero attached hydrogens (tertiary/aromatic N) is 2. The maximum absolute atomic E-state index is 13.8. The number of amides is 3. The van der Waals surface area contributed by atoms with Crippen molar-refractivity contribution >= 4 is 11.9 Å². The van der Waals surface area contributed by atoms with Gasteiger partial charge in [-0.25, -0.2) is 9.18 Å². The number of likely N-dealkylation sites (N-methyl/N-ethyl adjacent to an activating group) is 1. The van der Waals surface area contributed by atoms with E-state index in [2.05, 4.69) is 5.32 Å². The number of hydrogen-bond acceptors (Lipinski definition) is 4. The van der Waals surface area contributed by atoms with Gasteiger partial charge in [-0.15, -0.1) is 0 Å². The van der Waals surface area contributed by atoms with Gasteiger partial charge in [0.2, 0.25) is 5.91 Å². The first-order valence-electron chi connectivity index (χ1n) is 9.36. The second-order valence-corrected chi connectivity index (χ2v) is 7.37. The molecular weight excluding hydrogens is 353 g/mol. The second kappa shape index (κ2) is 7.34. The van der Waals surface area contributed by atoms with Crippen LogP contribution in [0.25, 0.3) is 0 Å². The number of likely N-dealkylation sites (tertiary alicyclic amines) is 2. The highest BCUT2D eigenvalue weighted by molar-refractivity contribution is 5.84. The van der Waals surface area contributed by atoms with E-state index >= 15 is 0 Å². The predicted octanol–water partition coefficient (Wildman–Crippen LogP) is 1.50. The van der Waals surface area contributed by atoms with Crippen LogP contribution in [0.2, 0.25) is 0 Å². The third-order valence-electron chi connectivity index (χ3n) is 5.62. The SMILES string of the molecule is CN1C[C@@H]2[C@@H](CCCN2C(=O)NCCc2cc(F)cc3c2OCOC3)C1=O. The van der Waals surface area contributed by atoms with Crippen LogP contribution in [0, 0.1) is 11.7 Å². The molecule has 0 aromatic heterocycles. The van der Waals surface area contributed by atoms with E-state index in [-0.39, 0.29) is 36.5 Å². The lowest BCUT2D eigenvalue weighted by Gasteiger charge is -2.35. The Morgan fingerprint density at radius 2 is 2.26 bits per heavy atom. The lowest BCUT2D eigenvalue weighted by Crippen LogP contribution is -2.52. The van der Waals surface area contributed by atoms with Crippen molar-refractivity contribution in [3.63, 3.8) is 0 Å². The average molecular weight is 377 g/mol. The van der Waals surface area contributed by atoms with E-state index in [0.29, 0.717) is 44.0 Å². The van der Waals surface area contributed by atoms with Gasteiger partial charge < -0.3 is 24.6 Å². The molecule has 3 aliphatic heterocycles. The van der Waals surface area contributed by atoms with Crippen LogP contribution in [0.15, 0.2) is 12.1 Å². The van der Waals surface area contributed by atoms with Crippen molar-refractivity contribution in [2.45, 2.75) is 31.9 Å². The van der Waals surface area contributed by atoms with Crippen LogP contribution in [-0.2, 0) is 22.6 Å². The second-order valence-electron chi connectivity index (χ2n) is 7.37. The lowest BCUT2D eigenvalue weighted by atomic mass is 9.92. The molecule has 7 nitrogen and oxygen atoms in total. The fraction of sp³-hybridized carbons (Fsp3) is 0.579. The minimum atomic E-state index is -0.337. The molecule has 2 saturated heterocycles. The molecule has 0 aliphatic carbocycles. The number of halogens is 1. The molecule has 1 N–H and O–H groups in total. The standard InChI is InChI=1S/C19H24FN3O4/c1-22-9-16-15(18(22)24)3-2-6-23(16)19(25)21-5-4-12-7-14(20)8-13-10-26-11-27-17(12)13/h7-8,15-16H,2-6,9-11H2,1H3,(H,21,25)/t15-,16-/m1/s1. The average Bonchev–Trinajstić information content (AvgIpc) is 2.95. The summed E-state index contributed by atoms with van der Waals surface area (Å²) in [4.78, 5) is 28.3. The molecule has 146 valence electrons. The minimum Gasteiger partial charge on any atom is -0.467 e. The molecule has 4 rings (SSSR count). The Morgan fingerprint density at radius 3 is 3.11 bits per heavy atom. The number of ether oxygens (including phenoxy) is 2. The molecule has 0 unspecified atom stereocenters. The van der Waals surface area contributed by atoms with Crippen LogP contribution in [0.1, 0.15) is 24.0 Å². The molecule has 2 fully saturated rings. The monoisotopic (exact) mass is 377 g/mol. The Hall–Kier alpha value is -2.35. The first-order valence-corrected chi connectivity index (χ1v) is 9.36. The van der Waals surface area contributed by atoms with E-state index in [9.17, 15) is 14.0 Å². The zero-order valence-corrected chi connectivity index (χ0v) is 15.4. The van der Waals surface area contributed by atoms with Crippen LogP contribution in [-0.4, -0.2) is 61.3 Å². The third-order valence-corrected chi connectivity index (χ3v) is 5.62. The summed E-state index contributed by atoms with van der Waals surface area (Å²) >= 11 is 0. The topological polar surface area (TPSA) is 71.1 Å². The fourth-order valence-corrected chi connectivity index (χ4v) is 4.32. The Balaban J connectivity index is 1.38. The molecule has 0 bridgehead atoms. The summed E-state index contributed by atoms with van der Waals surface area (Å²) in [6.07, 6.45) is 2.14. The molecule has 1 aromatic carbocycles. The van der Waals surface area contributed by atoms with Gasteiger partial charge in [0.25, 0.3) is 0 Å². The minimum absolute atomic E-state index is 0.0568. The highest BCUT2D eigenvalue weighted by atomic mass is 19.1. The Morgan fingerprint density at radius 1 is 1.41 bits per heavy atom. The van der Waals surface area contributed by atoms with Gasteiger partial charge in [-0.05, 0) is 37.0 Å². The zero-order valence-electron chi connectivity index (χ0n) is 15.4. The van der Waals surface area contributed by atoms with Crippen molar-refractivity contribution in [3.05, 3.63) is 29.1 Å². The Kier molecular flexibility index (Phi) is 4.90. The Bertz CT molecular complexity index is 757. The van der Waals surface area contributed by atoms with E-state index in [1.165, 1.54) is 12.1 Å². The first-order chi connectivity index (χ1) is 13.0. The van der Waals surface area contributed by atoms with Crippen molar-refractivity contribution in [2.75, 3.05) is 33.5 Å². The van der Waals surface area contributed by atoms with E-state index in [4.69, 9.17) is 9.47 Å². The number of fused-ring (bicyclic) bond motifs is 2. The van der Waals surface area contributed by atoms with Crippen molar-refractivity contribution in [1.82, 2.24) is 15.1 Å². The summed E-state index contributed by atoms with van der Waals surface area (Å²) in [6.45, 7) is 2.09. The van der Waals surface area contributed by atoms with Crippen molar-refractivity contribution in [2.24, 2.45) is 5.92 Å². The maximum Gasteiger partial charge on any atom is 0.317 e. The zero-order chi connectivity index (χ0) is 19.0. The number of hydrogen-bond donors (Lipinski definition) is 1. The molecule has 0 spiro atoms. The van der Waals surface area contributed by atoms with Gasteiger partial charge in [0, 0.05) is 32.2 Å². The molecule has 27 heavy (non-hydrogen) atoms. The lowest BCUT2D eigenvalue weighted by molar-refractivity contribution is -0.130. The van der Waals surface area contributed by atoms with Crippen LogP contribution in [0.4, 0.5) is 9.18 Å². The molecule has 3 aliphatic rings. The van der Waals surface area contributed by atoms with Gasteiger partial charge >= 0.3 is 6.03 Å². The van der Waals surface area contributed by atoms with E-state index in [1.807, 2.05) is 0 Å². The van der Waals surface area contributed by atoms with Crippen LogP contribution < -0.4 is 10.1 Å². The van der Waals surface area contributed by atoms with Crippen molar-refractivity contribution in [3.8, 4) is 5.75 Å². The molecule has 0 saturated carbocycles. The number of carbonyl (C=O) groups is 2. The summed E-state index contributed by atoms with van der Waals surface area (Å²) in [6, 6.07) is 2.64. The maximum atomic E-state index is 13.8. The number of benzene rings is 1. The molecule has 0 radical (unpaired) electrons. The van der Waals surface area contributed by atoms with E-state index < -0.39 is 0 Å². The number of rotatable bonds is 3. The van der Waals surface area contributed by atoms with Crippen molar-refractivity contribution < 1.29 is 23.5 Å². The van der Waals surface area contributed by atoms with E-state index in [1.54, 1.807) is 16.8 Å². The highest BCUT2D eigenvalue weighted by Crippen LogP contribution is 2.31. The highest BCUT2D eigenvalue weighted by Gasteiger charge is 2.45. The van der Waals surface area contributed by atoms with Gasteiger partial charge in [0.1, 0.15) is 11.6 Å². The van der Waals surface area contributed by atoms with Gasteiger partial charge in [-0.1, -0.05) is 0 Å². The molecule has 8 heteroatoms. The molecule has 2 atom stereocenters. The first kappa shape index (κ1) is 18.0. The number of nitrogens with one attached hydrogen (secondary N) is 1. The molecule has 1 aromatic rings.